The lowest BCUT2D eigenvalue weighted by molar-refractivity contribution is 0.0720. The molecule has 3 heteroatoms. The molecule has 2 atom stereocenters. The zero-order valence-corrected chi connectivity index (χ0v) is 11.6. The standard InChI is InChI=1S/C13H29NO2/c1-6-7-13(3,12(2)10-16-5)11-14-8-9-15-4/h12,14H,6-11H2,1-5H3. The summed E-state index contributed by atoms with van der Waals surface area (Å²) in [5.74, 6) is 0.576. The van der Waals surface area contributed by atoms with Crippen LogP contribution in [0, 0.1) is 11.3 Å². The van der Waals surface area contributed by atoms with Crippen molar-refractivity contribution in [1.82, 2.24) is 5.32 Å². The number of hydrogen-bond donors (Lipinski definition) is 1. The van der Waals surface area contributed by atoms with Gasteiger partial charge in [0.05, 0.1) is 6.61 Å². The van der Waals surface area contributed by atoms with Crippen LogP contribution < -0.4 is 5.32 Å². The molecule has 0 radical (unpaired) electrons. The molecule has 0 aromatic rings. The average Bonchev–Trinajstić information content (AvgIpc) is 2.25. The van der Waals surface area contributed by atoms with Crippen molar-refractivity contribution in [2.24, 2.45) is 11.3 Å². The van der Waals surface area contributed by atoms with Crippen molar-refractivity contribution >= 4 is 0 Å². The quantitative estimate of drug-likeness (QED) is 0.585. The Hall–Kier alpha value is -0.120. The van der Waals surface area contributed by atoms with Gasteiger partial charge in [0.2, 0.25) is 0 Å². The van der Waals surface area contributed by atoms with E-state index in [0.29, 0.717) is 11.3 Å². The van der Waals surface area contributed by atoms with E-state index in [1.807, 2.05) is 0 Å². The Morgan fingerprint density at radius 1 is 1.25 bits per heavy atom. The van der Waals surface area contributed by atoms with Gasteiger partial charge in [-0.2, -0.15) is 0 Å². The largest absolute Gasteiger partial charge is 0.384 e. The van der Waals surface area contributed by atoms with Crippen molar-refractivity contribution in [3.8, 4) is 0 Å². The summed E-state index contributed by atoms with van der Waals surface area (Å²) in [5, 5.41) is 3.47. The maximum absolute atomic E-state index is 5.27. The predicted molar refractivity (Wildman–Crippen MR) is 68.8 cm³/mol. The first kappa shape index (κ1) is 15.9. The molecule has 0 aliphatic rings. The van der Waals surface area contributed by atoms with E-state index in [-0.39, 0.29) is 0 Å². The van der Waals surface area contributed by atoms with Crippen molar-refractivity contribution in [2.75, 3.05) is 40.5 Å². The summed E-state index contributed by atoms with van der Waals surface area (Å²) in [6.07, 6.45) is 2.45. The van der Waals surface area contributed by atoms with Crippen molar-refractivity contribution in [3.63, 3.8) is 0 Å². The fraction of sp³-hybridized carbons (Fsp3) is 1.00. The fourth-order valence-corrected chi connectivity index (χ4v) is 2.08. The molecule has 1 N–H and O–H groups in total. The van der Waals surface area contributed by atoms with E-state index in [4.69, 9.17) is 9.47 Å². The summed E-state index contributed by atoms with van der Waals surface area (Å²) in [4.78, 5) is 0. The van der Waals surface area contributed by atoms with Crippen LogP contribution in [0.1, 0.15) is 33.6 Å². The van der Waals surface area contributed by atoms with Crippen LogP contribution in [0.15, 0.2) is 0 Å². The van der Waals surface area contributed by atoms with Crippen molar-refractivity contribution in [1.29, 1.82) is 0 Å². The average molecular weight is 231 g/mol. The summed E-state index contributed by atoms with van der Waals surface area (Å²) in [6.45, 7) is 10.4. The van der Waals surface area contributed by atoms with E-state index in [9.17, 15) is 0 Å². The van der Waals surface area contributed by atoms with Crippen molar-refractivity contribution in [3.05, 3.63) is 0 Å². The molecule has 0 saturated heterocycles. The lowest BCUT2D eigenvalue weighted by Gasteiger charge is -2.35. The summed E-state index contributed by atoms with van der Waals surface area (Å²) < 4.78 is 10.3. The molecule has 0 fully saturated rings. The molecule has 2 unspecified atom stereocenters. The molecule has 0 aliphatic carbocycles. The Labute approximate surface area is 101 Å². The first-order chi connectivity index (χ1) is 7.60. The van der Waals surface area contributed by atoms with Crippen LogP contribution in [0.25, 0.3) is 0 Å². The van der Waals surface area contributed by atoms with Crippen LogP contribution in [0.2, 0.25) is 0 Å². The minimum Gasteiger partial charge on any atom is -0.384 e. The molecule has 98 valence electrons. The van der Waals surface area contributed by atoms with Crippen LogP contribution in [-0.4, -0.2) is 40.5 Å². The van der Waals surface area contributed by atoms with Gasteiger partial charge in [-0.1, -0.05) is 27.2 Å². The van der Waals surface area contributed by atoms with E-state index < -0.39 is 0 Å². The van der Waals surface area contributed by atoms with Gasteiger partial charge in [0.25, 0.3) is 0 Å². The number of rotatable bonds is 10. The molecule has 0 spiro atoms. The van der Waals surface area contributed by atoms with Crippen LogP contribution in [0.3, 0.4) is 0 Å². The molecular weight excluding hydrogens is 202 g/mol. The van der Waals surface area contributed by atoms with Gasteiger partial charge in [0.1, 0.15) is 0 Å². The lowest BCUT2D eigenvalue weighted by Crippen LogP contribution is -2.39. The first-order valence-electron chi connectivity index (χ1n) is 6.29. The molecule has 0 bridgehead atoms. The highest BCUT2D eigenvalue weighted by atomic mass is 16.5. The van der Waals surface area contributed by atoms with Gasteiger partial charge in [0.15, 0.2) is 0 Å². The van der Waals surface area contributed by atoms with Gasteiger partial charge in [-0.25, -0.2) is 0 Å². The third kappa shape index (κ3) is 5.83. The number of hydrogen-bond acceptors (Lipinski definition) is 3. The van der Waals surface area contributed by atoms with Crippen LogP contribution >= 0.6 is 0 Å². The summed E-state index contributed by atoms with van der Waals surface area (Å²) in [7, 11) is 3.52. The van der Waals surface area contributed by atoms with Gasteiger partial charge < -0.3 is 14.8 Å². The Morgan fingerprint density at radius 2 is 1.94 bits per heavy atom. The first-order valence-corrected chi connectivity index (χ1v) is 6.29. The Balaban J connectivity index is 4.09. The number of methoxy groups -OCH3 is 2. The highest BCUT2D eigenvalue weighted by molar-refractivity contribution is 4.82. The molecule has 0 heterocycles. The smallest absolute Gasteiger partial charge is 0.0587 e. The minimum absolute atomic E-state index is 0.318. The molecule has 0 saturated carbocycles. The Morgan fingerprint density at radius 3 is 2.44 bits per heavy atom. The summed E-state index contributed by atoms with van der Waals surface area (Å²) >= 11 is 0. The molecule has 3 nitrogen and oxygen atoms in total. The van der Waals surface area contributed by atoms with E-state index >= 15 is 0 Å². The van der Waals surface area contributed by atoms with E-state index in [2.05, 4.69) is 26.1 Å². The lowest BCUT2D eigenvalue weighted by atomic mass is 9.75. The van der Waals surface area contributed by atoms with Crippen molar-refractivity contribution < 1.29 is 9.47 Å². The Kier molecular flexibility index (Phi) is 8.90. The molecule has 0 rings (SSSR count). The molecule has 0 aromatic heterocycles. The zero-order valence-electron chi connectivity index (χ0n) is 11.6. The number of ether oxygens (including phenoxy) is 2. The normalized spacial score (nSPS) is 17.1. The van der Waals surface area contributed by atoms with E-state index in [1.54, 1.807) is 14.2 Å². The SMILES string of the molecule is CCCC(C)(CNCCOC)C(C)COC. The van der Waals surface area contributed by atoms with Crippen LogP contribution in [0.5, 0.6) is 0 Å². The highest BCUT2D eigenvalue weighted by Gasteiger charge is 2.29. The van der Waals surface area contributed by atoms with Gasteiger partial charge in [-0.3, -0.25) is 0 Å². The fourth-order valence-electron chi connectivity index (χ4n) is 2.08. The third-order valence-electron chi connectivity index (χ3n) is 3.44. The van der Waals surface area contributed by atoms with Gasteiger partial charge in [-0.15, -0.1) is 0 Å². The topological polar surface area (TPSA) is 30.5 Å². The van der Waals surface area contributed by atoms with E-state index in [0.717, 1.165) is 26.3 Å². The monoisotopic (exact) mass is 231 g/mol. The molecule has 0 aliphatic heterocycles. The van der Waals surface area contributed by atoms with Gasteiger partial charge in [-0.05, 0) is 17.8 Å². The second kappa shape index (κ2) is 8.97. The molecular formula is C13H29NO2. The van der Waals surface area contributed by atoms with Gasteiger partial charge >= 0.3 is 0 Å². The van der Waals surface area contributed by atoms with Gasteiger partial charge in [0, 0.05) is 33.9 Å². The van der Waals surface area contributed by atoms with E-state index in [1.165, 1.54) is 12.8 Å². The van der Waals surface area contributed by atoms with Crippen LogP contribution in [-0.2, 0) is 9.47 Å². The second-order valence-corrected chi connectivity index (χ2v) is 4.93. The Bertz CT molecular complexity index is 164. The predicted octanol–water partition coefficient (Wildman–Crippen LogP) is 2.31. The minimum atomic E-state index is 0.318. The maximum Gasteiger partial charge on any atom is 0.0587 e. The molecule has 0 aromatic carbocycles. The third-order valence-corrected chi connectivity index (χ3v) is 3.44. The highest BCUT2D eigenvalue weighted by Crippen LogP contribution is 2.32. The summed E-state index contributed by atoms with van der Waals surface area (Å²) in [5.41, 5.74) is 0.318. The molecule has 16 heavy (non-hydrogen) atoms. The maximum atomic E-state index is 5.27. The van der Waals surface area contributed by atoms with Crippen molar-refractivity contribution in [2.45, 2.75) is 33.6 Å². The number of nitrogens with one attached hydrogen (secondary N) is 1. The molecule has 0 amide bonds. The second-order valence-electron chi connectivity index (χ2n) is 4.93. The van der Waals surface area contributed by atoms with Crippen LogP contribution in [0.4, 0.5) is 0 Å². The zero-order chi connectivity index (χ0) is 12.4. The summed E-state index contributed by atoms with van der Waals surface area (Å²) in [6, 6.07) is 0.